The van der Waals surface area contributed by atoms with Gasteiger partial charge in [0.1, 0.15) is 5.82 Å². The fourth-order valence-electron chi connectivity index (χ4n) is 4.32. The van der Waals surface area contributed by atoms with E-state index in [1.807, 2.05) is 13.8 Å². The molecule has 0 fully saturated rings. The van der Waals surface area contributed by atoms with Crippen LogP contribution < -0.4 is 5.32 Å². The Morgan fingerprint density at radius 3 is 2.19 bits per heavy atom. The summed E-state index contributed by atoms with van der Waals surface area (Å²) in [4.78, 5) is 10.3. The molecule has 0 spiro atoms. The van der Waals surface area contributed by atoms with E-state index in [0.29, 0.717) is 23.6 Å². The van der Waals surface area contributed by atoms with E-state index >= 15 is 0 Å². The van der Waals surface area contributed by atoms with Gasteiger partial charge in [0.15, 0.2) is 0 Å². The zero-order valence-corrected chi connectivity index (χ0v) is 24.6. The minimum atomic E-state index is -4.84. The van der Waals surface area contributed by atoms with Crippen molar-refractivity contribution in [2.45, 2.75) is 49.4 Å². The van der Waals surface area contributed by atoms with Gasteiger partial charge in [0.05, 0.1) is 28.0 Å². The van der Waals surface area contributed by atoms with Crippen LogP contribution in [-0.4, -0.2) is 60.7 Å². The lowest BCUT2D eigenvalue weighted by atomic mass is 9.94. The van der Waals surface area contributed by atoms with Crippen molar-refractivity contribution in [3.05, 3.63) is 88.2 Å². The summed E-state index contributed by atoms with van der Waals surface area (Å²) in [5.74, 6) is -1.64. The quantitative estimate of drug-likeness (QED) is 0.232. The largest absolute Gasteiger partial charge is 0.481 e. The molecule has 3 N–H and O–H groups in total. The van der Waals surface area contributed by atoms with Gasteiger partial charge in [-0.1, -0.05) is 41.9 Å². The first-order chi connectivity index (χ1) is 19.4. The monoisotopic (exact) mass is 630 g/mol. The van der Waals surface area contributed by atoms with Crippen molar-refractivity contribution in [3.8, 4) is 11.1 Å². The molecule has 0 amide bonds. The summed E-state index contributed by atoms with van der Waals surface area (Å²) in [6.45, 7) is 3.14. The molecule has 1 unspecified atom stereocenters. The molecule has 3 rings (SSSR count). The van der Waals surface area contributed by atoms with Crippen molar-refractivity contribution in [3.63, 3.8) is 0 Å². The van der Waals surface area contributed by atoms with Gasteiger partial charge in [-0.25, -0.2) is 12.8 Å². The lowest BCUT2D eigenvalue weighted by Gasteiger charge is -2.29. The van der Waals surface area contributed by atoms with E-state index in [0.717, 1.165) is 23.5 Å². The van der Waals surface area contributed by atoms with Crippen LogP contribution in [0.3, 0.4) is 0 Å². The van der Waals surface area contributed by atoms with Crippen LogP contribution >= 0.6 is 11.6 Å². The van der Waals surface area contributed by atoms with Gasteiger partial charge in [-0.05, 0) is 72.9 Å². The molecule has 3 aromatic carbocycles. The summed E-state index contributed by atoms with van der Waals surface area (Å²) in [6.07, 6.45) is -5.98. The number of hydrogen-bond donors (Lipinski definition) is 3. The van der Waals surface area contributed by atoms with Crippen LogP contribution in [0.25, 0.3) is 11.1 Å². The van der Waals surface area contributed by atoms with Gasteiger partial charge in [-0.2, -0.15) is 17.5 Å². The zero-order chi connectivity index (χ0) is 31.5. The first-order valence-electron chi connectivity index (χ1n) is 12.7. The molecule has 0 bridgehead atoms. The Labute approximate surface area is 246 Å². The Bertz CT molecular complexity index is 1530. The standard InChI is InChI=1S/C29H31ClF4N2O5S/c1-28(2,15-19-6-9-25(30)26(31)10-19)35-16-23(37)17-36(3)42(40,41)24-13-21(12-22(14-24)29(32,33)34)20-7-4-18(5-8-20)11-27(38)39/h4-10,12-14,23,35,37H,11,15-17H2,1-3H3,(H,38,39). The minimum absolute atomic E-state index is 0.00859. The van der Waals surface area contributed by atoms with Crippen molar-refractivity contribution in [1.82, 2.24) is 9.62 Å². The number of nitrogens with one attached hydrogen (secondary N) is 1. The highest BCUT2D eigenvalue weighted by Gasteiger charge is 2.34. The molecule has 0 heterocycles. The molecule has 0 aromatic heterocycles. The molecule has 1 atom stereocenters. The van der Waals surface area contributed by atoms with Crippen molar-refractivity contribution in [2.24, 2.45) is 0 Å². The number of aliphatic hydroxyl groups excluding tert-OH is 1. The summed E-state index contributed by atoms with van der Waals surface area (Å²) < 4.78 is 82.4. The van der Waals surface area contributed by atoms with Crippen LogP contribution in [0, 0.1) is 5.82 Å². The number of likely N-dealkylation sites (N-methyl/N-ethyl adjacent to an activating group) is 1. The normalized spacial score (nSPS) is 13.4. The molecule has 0 saturated carbocycles. The number of carboxylic acid groups (broad SMARTS) is 1. The second-order valence-corrected chi connectivity index (χ2v) is 13.1. The summed E-state index contributed by atoms with van der Waals surface area (Å²) in [7, 11) is -3.32. The fourth-order valence-corrected chi connectivity index (χ4v) is 5.72. The van der Waals surface area contributed by atoms with Crippen molar-refractivity contribution in [2.75, 3.05) is 20.1 Å². The van der Waals surface area contributed by atoms with E-state index < -0.39 is 56.6 Å². The lowest BCUT2D eigenvalue weighted by Crippen LogP contribution is -2.47. The number of carbonyl (C=O) groups is 1. The van der Waals surface area contributed by atoms with E-state index in [1.54, 1.807) is 6.07 Å². The van der Waals surface area contributed by atoms with Crippen molar-refractivity contribution < 1.29 is 41.0 Å². The molecule has 0 aliphatic heterocycles. The molecule has 13 heteroatoms. The number of carboxylic acids is 1. The highest BCUT2D eigenvalue weighted by molar-refractivity contribution is 7.89. The molecule has 228 valence electrons. The zero-order valence-electron chi connectivity index (χ0n) is 23.0. The number of rotatable bonds is 12. The number of aliphatic carboxylic acids is 1. The molecule has 0 aliphatic rings. The number of nitrogens with zero attached hydrogens (tertiary/aromatic N) is 1. The van der Waals surface area contributed by atoms with E-state index in [9.17, 15) is 35.9 Å². The predicted octanol–water partition coefficient (Wildman–Crippen LogP) is 5.38. The Kier molecular flexibility index (Phi) is 10.4. The Balaban J connectivity index is 1.77. The number of sulfonamides is 1. The Hall–Kier alpha value is -3.03. The first kappa shape index (κ1) is 33.5. The second-order valence-electron chi connectivity index (χ2n) is 10.6. The number of halogens is 5. The highest BCUT2D eigenvalue weighted by atomic mass is 35.5. The van der Waals surface area contributed by atoms with Crippen LogP contribution in [0.1, 0.15) is 30.5 Å². The van der Waals surface area contributed by atoms with Gasteiger partial charge in [-0.3, -0.25) is 4.79 Å². The van der Waals surface area contributed by atoms with Crippen LogP contribution in [0.2, 0.25) is 5.02 Å². The first-order valence-corrected chi connectivity index (χ1v) is 14.6. The minimum Gasteiger partial charge on any atom is -0.481 e. The molecule has 7 nitrogen and oxygen atoms in total. The number of hydrogen-bond acceptors (Lipinski definition) is 5. The van der Waals surface area contributed by atoms with Crippen molar-refractivity contribution >= 4 is 27.6 Å². The molecule has 0 radical (unpaired) electrons. The third-order valence-electron chi connectivity index (χ3n) is 6.50. The number of benzene rings is 3. The molecule has 42 heavy (non-hydrogen) atoms. The number of alkyl halides is 3. The van der Waals surface area contributed by atoms with Gasteiger partial charge in [-0.15, -0.1) is 0 Å². The highest BCUT2D eigenvalue weighted by Crippen LogP contribution is 2.35. The average molecular weight is 631 g/mol. The topological polar surface area (TPSA) is 107 Å². The van der Waals surface area contributed by atoms with Crippen LogP contribution in [0.15, 0.2) is 65.6 Å². The summed E-state index contributed by atoms with van der Waals surface area (Å²) >= 11 is 5.72. The summed E-state index contributed by atoms with van der Waals surface area (Å²) in [5.41, 5.74) is -0.488. The maximum absolute atomic E-state index is 13.8. The maximum atomic E-state index is 13.8. The van der Waals surface area contributed by atoms with E-state index in [2.05, 4.69) is 5.32 Å². The van der Waals surface area contributed by atoms with Crippen LogP contribution in [-0.2, 0) is 33.8 Å². The third kappa shape index (κ3) is 8.98. The Morgan fingerprint density at radius 1 is 1.00 bits per heavy atom. The summed E-state index contributed by atoms with van der Waals surface area (Å²) in [6, 6.07) is 12.6. The van der Waals surface area contributed by atoms with E-state index in [1.165, 1.54) is 36.4 Å². The SMILES string of the molecule is CN(CC(O)CNC(C)(C)Cc1ccc(Cl)c(F)c1)S(=O)(=O)c1cc(-c2ccc(CC(=O)O)cc2)cc(C(F)(F)F)c1. The van der Waals surface area contributed by atoms with E-state index in [-0.39, 0.29) is 29.1 Å². The molecular weight excluding hydrogens is 600 g/mol. The van der Waals surface area contributed by atoms with Gasteiger partial charge >= 0.3 is 12.1 Å². The Morgan fingerprint density at radius 2 is 1.62 bits per heavy atom. The van der Waals surface area contributed by atoms with Crippen molar-refractivity contribution in [1.29, 1.82) is 0 Å². The maximum Gasteiger partial charge on any atom is 0.416 e. The summed E-state index contributed by atoms with van der Waals surface area (Å²) in [5, 5.41) is 22.6. The van der Waals surface area contributed by atoms with Gasteiger partial charge in [0.2, 0.25) is 10.0 Å². The number of aliphatic hydroxyl groups is 1. The number of β-amino-alcohol motifs (C(OH)–C–C–N with tert-alkyl or cyclic N) is 1. The smallest absolute Gasteiger partial charge is 0.416 e. The second kappa shape index (κ2) is 13.1. The molecular formula is C29H31ClF4N2O5S. The third-order valence-corrected chi connectivity index (χ3v) is 8.61. The fraction of sp³-hybridized carbons (Fsp3) is 0.345. The van der Waals surface area contributed by atoms with Gasteiger partial charge in [0.25, 0.3) is 0 Å². The van der Waals surface area contributed by atoms with Crippen LogP contribution in [0.5, 0.6) is 0 Å². The molecule has 3 aromatic rings. The molecule has 0 saturated heterocycles. The van der Waals surface area contributed by atoms with Gasteiger partial charge in [0, 0.05) is 25.7 Å². The lowest BCUT2D eigenvalue weighted by molar-refractivity contribution is -0.138. The van der Waals surface area contributed by atoms with E-state index in [4.69, 9.17) is 16.7 Å². The van der Waals surface area contributed by atoms with Crippen LogP contribution in [0.4, 0.5) is 17.6 Å². The predicted molar refractivity (Wildman–Crippen MR) is 151 cm³/mol. The van der Waals surface area contributed by atoms with Gasteiger partial charge < -0.3 is 15.5 Å². The average Bonchev–Trinajstić information content (AvgIpc) is 2.89. The molecule has 0 aliphatic carbocycles.